The highest BCUT2D eigenvalue weighted by atomic mass is 16.7. The smallest absolute Gasteiger partial charge is 0.359 e. The van der Waals surface area contributed by atoms with E-state index in [1.807, 2.05) is 0 Å². The molecule has 1 N–H and O–H groups in total. The topological polar surface area (TPSA) is 99.7 Å². The lowest BCUT2D eigenvalue weighted by Crippen LogP contribution is -2.15. The van der Waals surface area contributed by atoms with Crippen LogP contribution < -0.4 is 0 Å². The van der Waals surface area contributed by atoms with E-state index in [2.05, 4.69) is 19.7 Å². The summed E-state index contributed by atoms with van der Waals surface area (Å²) >= 11 is 0. The second-order valence-electron chi connectivity index (χ2n) is 3.15. The average Bonchev–Trinajstić information content (AvgIpc) is 2.83. The molecule has 0 unspecified atom stereocenters. The summed E-state index contributed by atoms with van der Waals surface area (Å²) in [6.45, 7) is 0. The van der Waals surface area contributed by atoms with Crippen LogP contribution in [0.5, 0.6) is 0 Å². The van der Waals surface area contributed by atoms with Crippen LogP contribution in [0.4, 0.5) is 0 Å². The van der Waals surface area contributed by atoms with Crippen LogP contribution in [-0.4, -0.2) is 50.6 Å². The summed E-state index contributed by atoms with van der Waals surface area (Å²) in [6, 6.07) is 0. The van der Waals surface area contributed by atoms with E-state index in [9.17, 15) is 9.59 Å². The molecule has 0 bridgehead atoms. The summed E-state index contributed by atoms with van der Waals surface area (Å²) in [6.07, 6.45) is -0.870. The molecule has 0 saturated carbocycles. The summed E-state index contributed by atoms with van der Waals surface area (Å²) in [4.78, 5) is 23.1. The van der Waals surface area contributed by atoms with Gasteiger partial charge in [0.2, 0.25) is 6.29 Å². The van der Waals surface area contributed by atoms with Gasteiger partial charge < -0.3 is 18.9 Å². The summed E-state index contributed by atoms with van der Waals surface area (Å²) in [7, 11) is 5.14. The predicted molar refractivity (Wildman–Crippen MR) is 58.0 cm³/mol. The van der Waals surface area contributed by atoms with E-state index in [1.165, 1.54) is 28.4 Å². The van der Waals surface area contributed by atoms with Gasteiger partial charge in [-0.1, -0.05) is 0 Å². The molecule has 0 amide bonds. The number of hydrogen-bond donors (Lipinski definition) is 1. The van der Waals surface area contributed by atoms with Gasteiger partial charge in [0.1, 0.15) is 11.3 Å². The molecule has 0 atom stereocenters. The number of aromatic amines is 1. The monoisotopic (exact) mass is 258 g/mol. The quantitative estimate of drug-likeness (QED) is 0.597. The number of nitrogens with one attached hydrogen (secondary N) is 1. The van der Waals surface area contributed by atoms with E-state index in [0.717, 1.165) is 0 Å². The Morgan fingerprint density at radius 3 is 2.06 bits per heavy atom. The predicted octanol–water partition coefficient (Wildman–Crippen LogP) is 0.274. The molecule has 0 saturated heterocycles. The van der Waals surface area contributed by atoms with Crippen molar-refractivity contribution in [3.05, 3.63) is 17.0 Å². The first-order valence-corrected chi connectivity index (χ1v) is 4.91. The van der Waals surface area contributed by atoms with Crippen molar-refractivity contribution in [3.8, 4) is 0 Å². The SMILES string of the molecule is COC(=O)c1n[nH]c(C(OC)OC)c1C(=O)OC. The van der Waals surface area contributed by atoms with Crippen LogP contribution in [-0.2, 0) is 18.9 Å². The van der Waals surface area contributed by atoms with E-state index < -0.39 is 18.2 Å². The Morgan fingerprint density at radius 1 is 1.06 bits per heavy atom. The lowest BCUT2D eigenvalue weighted by molar-refractivity contribution is -0.109. The zero-order chi connectivity index (χ0) is 13.7. The van der Waals surface area contributed by atoms with Crippen LogP contribution in [0.25, 0.3) is 0 Å². The Labute approximate surface area is 103 Å². The molecule has 18 heavy (non-hydrogen) atoms. The number of hydrogen-bond acceptors (Lipinski definition) is 7. The van der Waals surface area contributed by atoms with Gasteiger partial charge in [-0.05, 0) is 0 Å². The van der Waals surface area contributed by atoms with Gasteiger partial charge in [-0.2, -0.15) is 5.10 Å². The number of carbonyl (C=O) groups excluding carboxylic acids is 2. The molecule has 0 aliphatic heterocycles. The fourth-order valence-electron chi connectivity index (χ4n) is 1.41. The normalized spacial score (nSPS) is 10.5. The van der Waals surface area contributed by atoms with Gasteiger partial charge in [0, 0.05) is 14.2 Å². The van der Waals surface area contributed by atoms with Crippen molar-refractivity contribution in [1.29, 1.82) is 0 Å². The molecule has 100 valence electrons. The number of rotatable bonds is 5. The highest BCUT2D eigenvalue weighted by Crippen LogP contribution is 2.23. The summed E-state index contributed by atoms with van der Waals surface area (Å²) in [5, 5.41) is 6.22. The molecule has 0 fully saturated rings. The van der Waals surface area contributed by atoms with Gasteiger partial charge in [0.15, 0.2) is 5.69 Å². The van der Waals surface area contributed by atoms with Gasteiger partial charge in [-0.3, -0.25) is 5.10 Å². The van der Waals surface area contributed by atoms with Gasteiger partial charge >= 0.3 is 11.9 Å². The summed E-state index contributed by atoms with van der Waals surface area (Å²) in [5.41, 5.74) is -0.0660. The Morgan fingerprint density at radius 2 is 1.61 bits per heavy atom. The van der Waals surface area contributed by atoms with Crippen molar-refractivity contribution in [2.45, 2.75) is 6.29 Å². The van der Waals surface area contributed by atoms with Crippen LogP contribution in [0, 0.1) is 0 Å². The van der Waals surface area contributed by atoms with Crippen LogP contribution in [0.15, 0.2) is 0 Å². The molecule has 1 aromatic heterocycles. The lowest BCUT2D eigenvalue weighted by atomic mass is 10.1. The van der Waals surface area contributed by atoms with E-state index in [0.29, 0.717) is 0 Å². The van der Waals surface area contributed by atoms with Gasteiger partial charge in [0.05, 0.1) is 14.2 Å². The fraction of sp³-hybridized carbons (Fsp3) is 0.500. The van der Waals surface area contributed by atoms with E-state index in [1.54, 1.807) is 0 Å². The van der Waals surface area contributed by atoms with Crippen LogP contribution in [0.2, 0.25) is 0 Å². The number of esters is 2. The summed E-state index contributed by atoms with van der Waals surface area (Å²) < 4.78 is 19.1. The third kappa shape index (κ3) is 2.49. The standard InChI is InChI=1S/C10H14N2O6/c1-15-8(13)5-6(9(14)16-2)11-12-7(5)10(17-3)18-4/h10H,1-4H3,(H,11,12). The molecule has 0 radical (unpaired) electrons. The van der Waals surface area contributed by atoms with Crippen molar-refractivity contribution in [3.63, 3.8) is 0 Å². The third-order valence-electron chi connectivity index (χ3n) is 2.23. The maximum atomic E-state index is 11.7. The maximum Gasteiger partial charge on any atom is 0.359 e. The minimum absolute atomic E-state index is 0.0712. The first-order chi connectivity index (χ1) is 8.60. The van der Waals surface area contributed by atoms with Crippen molar-refractivity contribution < 1.29 is 28.5 Å². The first kappa shape index (κ1) is 14.1. The Hall–Kier alpha value is -1.93. The lowest BCUT2D eigenvalue weighted by Gasteiger charge is -2.12. The summed E-state index contributed by atoms with van der Waals surface area (Å²) in [5.74, 6) is -1.50. The molecule has 0 aliphatic rings. The van der Waals surface area contributed by atoms with Crippen LogP contribution >= 0.6 is 0 Å². The van der Waals surface area contributed by atoms with Gasteiger partial charge in [-0.25, -0.2) is 9.59 Å². The molecular formula is C10H14N2O6. The molecule has 1 heterocycles. The number of nitrogens with zero attached hydrogens (tertiary/aromatic N) is 1. The first-order valence-electron chi connectivity index (χ1n) is 4.91. The Bertz CT molecular complexity index is 438. The fourth-order valence-corrected chi connectivity index (χ4v) is 1.41. The molecule has 0 aromatic carbocycles. The van der Waals surface area contributed by atoms with E-state index in [4.69, 9.17) is 9.47 Å². The molecular weight excluding hydrogens is 244 g/mol. The second kappa shape index (κ2) is 6.12. The number of H-pyrrole nitrogens is 1. The molecule has 0 spiro atoms. The molecule has 8 nitrogen and oxygen atoms in total. The Kier molecular flexibility index (Phi) is 4.81. The zero-order valence-corrected chi connectivity index (χ0v) is 10.5. The van der Waals surface area contributed by atoms with Crippen molar-refractivity contribution >= 4 is 11.9 Å². The maximum absolute atomic E-state index is 11.7. The van der Waals surface area contributed by atoms with Crippen LogP contribution in [0.1, 0.15) is 32.8 Å². The average molecular weight is 258 g/mol. The number of ether oxygens (including phenoxy) is 4. The number of aromatic nitrogens is 2. The Balaban J connectivity index is 3.31. The highest BCUT2D eigenvalue weighted by Gasteiger charge is 2.30. The second-order valence-corrected chi connectivity index (χ2v) is 3.15. The third-order valence-corrected chi connectivity index (χ3v) is 2.23. The molecule has 0 aliphatic carbocycles. The van der Waals surface area contributed by atoms with Crippen molar-refractivity contribution in [1.82, 2.24) is 10.2 Å². The minimum atomic E-state index is -0.870. The number of carbonyl (C=O) groups is 2. The van der Waals surface area contributed by atoms with Crippen molar-refractivity contribution in [2.75, 3.05) is 28.4 Å². The molecule has 8 heteroatoms. The van der Waals surface area contributed by atoms with E-state index >= 15 is 0 Å². The highest BCUT2D eigenvalue weighted by molar-refractivity contribution is 6.02. The minimum Gasteiger partial charge on any atom is -0.465 e. The number of methoxy groups -OCH3 is 4. The van der Waals surface area contributed by atoms with Gasteiger partial charge in [-0.15, -0.1) is 0 Å². The molecule has 1 aromatic rings. The zero-order valence-electron chi connectivity index (χ0n) is 10.5. The molecule has 1 rings (SSSR count). The van der Waals surface area contributed by atoms with Gasteiger partial charge in [0.25, 0.3) is 0 Å². The van der Waals surface area contributed by atoms with Crippen molar-refractivity contribution in [2.24, 2.45) is 0 Å². The van der Waals surface area contributed by atoms with E-state index in [-0.39, 0.29) is 17.0 Å². The van der Waals surface area contributed by atoms with Crippen LogP contribution in [0.3, 0.4) is 0 Å². The largest absolute Gasteiger partial charge is 0.465 e.